The maximum absolute atomic E-state index is 12.1. The third kappa shape index (κ3) is 6.34. The fourth-order valence-electron chi connectivity index (χ4n) is 2.76. The van der Waals surface area contributed by atoms with Crippen LogP contribution in [0.15, 0.2) is 24.3 Å². The lowest BCUT2D eigenvalue weighted by atomic mass is 10.1. The largest absolute Gasteiger partial charge is 0.351 e. The molecule has 1 unspecified atom stereocenters. The van der Waals surface area contributed by atoms with Gasteiger partial charge in [-0.15, -0.1) is 12.4 Å². The van der Waals surface area contributed by atoms with Crippen molar-refractivity contribution in [3.8, 4) is 0 Å². The van der Waals surface area contributed by atoms with Gasteiger partial charge in [-0.1, -0.05) is 29.8 Å². The fraction of sp³-hybridized carbons (Fsp3) is 0.588. The third-order valence-electron chi connectivity index (χ3n) is 4.17. The Kier molecular flexibility index (Phi) is 8.46. The summed E-state index contributed by atoms with van der Waals surface area (Å²) in [5.74, 6) is 0.107. The first-order valence-corrected chi connectivity index (χ1v) is 7.88. The molecule has 1 heterocycles. The molecule has 0 aliphatic carbocycles. The number of rotatable bonds is 5. The summed E-state index contributed by atoms with van der Waals surface area (Å²) in [6, 6.07) is 8.80. The summed E-state index contributed by atoms with van der Waals surface area (Å²) in [5, 5.41) is 6.42. The molecule has 1 aliphatic rings. The van der Waals surface area contributed by atoms with Crippen molar-refractivity contribution in [3.05, 3.63) is 35.4 Å². The molecular weight excluding hydrogens is 298 g/mol. The lowest BCUT2D eigenvalue weighted by Gasteiger charge is -2.26. The van der Waals surface area contributed by atoms with Crippen LogP contribution in [0.5, 0.6) is 0 Å². The Labute approximate surface area is 140 Å². The van der Waals surface area contributed by atoms with Gasteiger partial charge in [0.05, 0.1) is 6.54 Å². The van der Waals surface area contributed by atoms with E-state index in [-0.39, 0.29) is 18.3 Å². The number of likely N-dealkylation sites (N-methyl/N-ethyl adjacent to an activating group) is 1. The standard InChI is InChI=1S/C17H27N3O.ClH/c1-14-5-7-15(8-6-14)12-19-17(21)13-20(2)16-4-3-10-18-11-9-16;/h5-8,16,18H,3-4,9-13H2,1-2H3,(H,19,21);1H. The van der Waals surface area contributed by atoms with Gasteiger partial charge in [0.25, 0.3) is 0 Å². The quantitative estimate of drug-likeness (QED) is 0.871. The Hall–Kier alpha value is -1.10. The van der Waals surface area contributed by atoms with Gasteiger partial charge >= 0.3 is 0 Å². The van der Waals surface area contributed by atoms with E-state index in [4.69, 9.17) is 0 Å². The monoisotopic (exact) mass is 325 g/mol. The zero-order chi connectivity index (χ0) is 15.1. The third-order valence-corrected chi connectivity index (χ3v) is 4.17. The summed E-state index contributed by atoms with van der Waals surface area (Å²) in [4.78, 5) is 14.2. The van der Waals surface area contributed by atoms with Crippen molar-refractivity contribution in [2.24, 2.45) is 0 Å². The molecule has 2 rings (SSSR count). The van der Waals surface area contributed by atoms with E-state index in [9.17, 15) is 4.79 Å². The summed E-state index contributed by atoms with van der Waals surface area (Å²) in [6.07, 6.45) is 3.50. The predicted molar refractivity (Wildman–Crippen MR) is 93.4 cm³/mol. The van der Waals surface area contributed by atoms with Crippen LogP contribution >= 0.6 is 12.4 Å². The zero-order valence-electron chi connectivity index (χ0n) is 13.6. The number of benzene rings is 1. The molecule has 2 N–H and O–H groups in total. The van der Waals surface area contributed by atoms with Crippen molar-refractivity contribution in [1.82, 2.24) is 15.5 Å². The average molecular weight is 326 g/mol. The molecule has 0 spiro atoms. The van der Waals surface area contributed by atoms with Gasteiger partial charge in [-0.05, 0) is 51.9 Å². The number of carbonyl (C=O) groups is 1. The zero-order valence-corrected chi connectivity index (χ0v) is 14.4. The summed E-state index contributed by atoms with van der Waals surface area (Å²) in [7, 11) is 2.06. The van der Waals surface area contributed by atoms with Crippen molar-refractivity contribution < 1.29 is 4.79 Å². The van der Waals surface area contributed by atoms with E-state index in [0.29, 0.717) is 19.1 Å². The minimum atomic E-state index is 0. The van der Waals surface area contributed by atoms with Gasteiger partial charge in [0, 0.05) is 12.6 Å². The second kappa shape index (κ2) is 9.82. The molecule has 0 radical (unpaired) electrons. The predicted octanol–water partition coefficient (Wildman–Crippen LogP) is 2.11. The van der Waals surface area contributed by atoms with E-state index in [1.54, 1.807) is 0 Å². The number of nitrogens with zero attached hydrogens (tertiary/aromatic N) is 1. The van der Waals surface area contributed by atoms with Crippen LogP contribution in [0.1, 0.15) is 30.4 Å². The highest BCUT2D eigenvalue weighted by atomic mass is 35.5. The highest BCUT2D eigenvalue weighted by molar-refractivity contribution is 5.85. The molecule has 22 heavy (non-hydrogen) atoms. The number of hydrogen-bond donors (Lipinski definition) is 2. The van der Waals surface area contributed by atoms with Gasteiger partial charge in [-0.3, -0.25) is 9.69 Å². The molecule has 1 atom stereocenters. The number of hydrogen-bond acceptors (Lipinski definition) is 3. The van der Waals surface area contributed by atoms with Crippen molar-refractivity contribution in [3.63, 3.8) is 0 Å². The van der Waals surface area contributed by atoms with Crippen LogP contribution in [0.2, 0.25) is 0 Å². The average Bonchev–Trinajstić information content (AvgIpc) is 2.76. The highest BCUT2D eigenvalue weighted by Gasteiger charge is 2.18. The summed E-state index contributed by atoms with van der Waals surface area (Å²) in [5.41, 5.74) is 2.39. The van der Waals surface area contributed by atoms with E-state index in [2.05, 4.69) is 53.8 Å². The van der Waals surface area contributed by atoms with E-state index >= 15 is 0 Å². The van der Waals surface area contributed by atoms with Gasteiger partial charge in [0.2, 0.25) is 5.91 Å². The topological polar surface area (TPSA) is 44.4 Å². The van der Waals surface area contributed by atoms with Crippen molar-refractivity contribution in [2.45, 2.75) is 38.8 Å². The van der Waals surface area contributed by atoms with E-state index < -0.39 is 0 Å². The fourth-order valence-corrected chi connectivity index (χ4v) is 2.76. The smallest absolute Gasteiger partial charge is 0.234 e. The minimum Gasteiger partial charge on any atom is -0.351 e. The maximum Gasteiger partial charge on any atom is 0.234 e. The van der Waals surface area contributed by atoms with Crippen LogP contribution < -0.4 is 10.6 Å². The van der Waals surface area contributed by atoms with Gasteiger partial charge in [0.1, 0.15) is 0 Å². The maximum atomic E-state index is 12.1. The Morgan fingerprint density at radius 3 is 2.73 bits per heavy atom. The van der Waals surface area contributed by atoms with Gasteiger partial charge < -0.3 is 10.6 Å². The van der Waals surface area contributed by atoms with E-state index in [1.807, 2.05) is 0 Å². The lowest BCUT2D eigenvalue weighted by molar-refractivity contribution is -0.122. The Morgan fingerprint density at radius 1 is 1.27 bits per heavy atom. The van der Waals surface area contributed by atoms with Crippen LogP contribution in [0, 0.1) is 6.92 Å². The second-order valence-corrected chi connectivity index (χ2v) is 6.01. The molecule has 1 amide bonds. The molecule has 124 valence electrons. The summed E-state index contributed by atoms with van der Waals surface area (Å²) in [6.45, 7) is 5.32. The Morgan fingerprint density at radius 2 is 2.00 bits per heavy atom. The molecule has 1 fully saturated rings. The van der Waals surface area contributed by atoms with E-state index in [1.165, 1.54) is 18.4 Å². The van der Waals surface area contributed by atoms with Crippen LogP contribution in [-0.4, -0.2) is 43.5 Å². The van der Waals surface area contributed by atoms with E-state index in [0.717, 1.165) is 25.1 Å². The molecule has 0 saturated carbocycles. The Balaban J connectivity index is 0.00000242. The van der Waals surface area contributed by atoms with Crippen molar-refractivity contribution in [2.75, 3.05) is 26.7 Å². The molecule has 1 aliphatic heterocycles. The molecule has 5 heteroatoms. The van der Waals surface area contributed by atoms with Crippen LogP contribution in [0.3, 0.4) is 0 Å². The van der Waals surface area contributed by atoms with Gasteiger partial charge in [0.15, 0.2) is 0 Å². The second-order valence-electron chi connectivity index (χ2n) is 6.01. The van der Waals surface area contributed by atoms with Crippen molar-refractivity contribution in [1.29, 1.82) is 0 Å². The normalized spacial score (nSPS) is 18.4. The number of amides is 1. The van der Waals surface area contributed by atoms with Crippen LogP contribution in [0.4, 0.5) is 0 Å². The first-order valence-electron chi connectivity index (χ1n) is 7.88. The number of halogens is 1. The molecule has 0 aromatic heterocycles. The SMILES string of the molecule is Cc1ccc(CNC(=O)CN(C)C2CCCNCC2)cc1.Cl. The number of carbonyl (C=O) groups excluding carboxylic acids is 1. The van der Waals surface area contributed by atoms with Gasteiger partial charge in [-0.25, -0.2) is 0 Å². The summed E-state index contributed by atoms with van der Waals surface area (Å²) >= 11 is 0. The molecule has 1 aromatic rings. The highest BCUT2D eigenvalue weighted by Crippen LogP contribution is 2.11. The van der Waals surface area contributed by atoms with Crippen LogP contribution in [-0.2, 0) is 11.3 Å². The van der Waals surface area contributed by atoms with Crippen LogP contribution in [0.25, 0.3) is 0 Å². The lowest BCUT2D eigenvalue weighted by Crippen LogP contribution is -2.40. The molecular formula is C17H28ClN3O. The van der Waals surface area contributed by atoms with Crippen molar-refractivity contribution >= 4 is 18.3 Å². The molecule has 4 nitrogen and oxygen atoms in total. The molecule has 0 bridgehead atoms. The Bertz CT molecular complexity index is 442. The van der Waals surface area contributed by atoms with Gasteiger partial charge in [-0.2, -0.15) is 0 Å². The summed E-state index contributed by atoms with van der Waals surface area (Å²) < 4.78 is 0. The molecule has 1 saturated heterocycles. The minimum absolute atomic E-state index is 0. The number of nitrogens with one attached hydrogen (secondary N) is 2. The first kappa shape index (κ1) is 18.9. The first-order chi connectivity index (χ1) is 10.1. The number of aryl methyl sites for hydroxylation is 1. The molecule has 1 aromatic carbocycles.